The lowest BCUT2D eigenvalue weighted by Gasteiger charge is -2.68. The molecule has 5 unspecified atom stereocenters. The van der Waals surface area contributed by atoms with Gasteiger partial charge in [0.1, 0.15) is 16.7 Å². The predicted octanol–water partition coefficient (Wildman–Crippen LogP) is 1.44. The van der Waals surface area contributed by atoms with Crippen molar-refractivity contribution in [3.05, 3.63) is 0 Å². The molecule has 3 fully saturated rings. The lowest BCUT2D eigenvalue weighted by molar-refractivity contribution is -0.410. The molecular weight excluding hydrogens is 514 g/mol. The number of hydrogen-bond donors (Lipinski definition) is 5. The van der Waals surface area contributed by atoms with Crippen LogP contribution in [0, 0.1) is 5.41 Å². The van der Waals surface area contributed by atoms with Gasteiger partial charge in [0.15, 0.2) is 0 Å². The third-order valence-corrected chi connectivity index (χ3v) is 10.7. The number of ether oxygens (including phenoxy) is 3. The summed E-state index contributed by atoms with van der Waals surface area (Å²) in [6.45, 7) is 11.0. The Labute approximate surface area is 229 Å². The fraction of sp³-hybridized carbons (Fsp3) is 0.885. The molecule has 3 aliphatic rings. The smallest absolute Gasteiger partial charge is 0.315 e. The normalized spacial score (nSPS) is 42.2. The first-order valence-corrected chi connectivity index (χ1v) is 14.4. The van der Waals surface area contributed by atoms with E-state index in [0.717, 1.165) is 18.6 Å². The molecule has 0 spiro atoms. The van der Waals surface area contributed by atoms with Gasteiger partial charge in [0.25, 0.3) is 0 Å². The predicted molar refractivity (Wildman–Crippen MR) is 142 cm³/mol. The number of fused-ring (bicyclic) bond motifs is 1. The van der Waals surface area contributed by atoms with E-state index in [0.29, 0.717) is 18.3 Å². The average molecular weight is 560 g/mol. The van der Waals surface area contributed by atoms with Crippen LogP contribution in [0.5, 0.6) is 0 Å². The zero-order valence-electron chi connectivity index (χ0n) is 23.6. The van der Waals surface area contributed by atoms with Crippen molar-refractivity contribution in [3.63, 3.8) is 0 Å². The Morgan fingerprint density at radius 3 is 2.47 bits per heavy atom. The topological polar surface area (TPSA) is 155 Å². The fourth-order valence-electron chi connectivity index (χ4n) is 6.23. The monoisotopic (exact) mass is 559 g/mol. The number of esters is 1. The number of amides is 3. The van der Waals surface area contributed by atoms with E-state index in [1.165, 1.54) is 13.8 Å². The number of thioether (sulfide) groups is 1. The van der Waals surface area contributed by atoms with Crippen molar-refractivity contribution in [2.24, 2.45) is 5.41 Å². The number of carbonyl (C=O) groups excluding carboxylic acids is 3. The van der Waals surface area contributed by atoms with E-state index in [-0.39, 0.29) is 31.1 Å². The zero-order chi connectivity index (χ0) is 28.6. The Morgan fingerprint density at radius 1 is 1.18 bits per heavy atom. The molecule has 12 heteroatoms. The quantitative estimate of drug-likeness (QED) is 0.144. The standard InChI is InChI=1S/C26H45N3O8S/c1-8-35-15-22(3)24(5,29-16(2)31)26(7,37-23(4,14-30)25(22,6)34)36-19(32)12-10-9-11-18-20-17(13-38-18)27-21(33)28-20/h17-18,20,30,34H,8-15H2,1-7H3,(H,29,31)(H2,27,28,33)/t17-,18?,20-,22?,23?,24?,25?,26+/m0/s1. The Morgan fingerprint density at radius 2 is 1.87 bits per heavy atom. The highest BCUT2D eigenvalue weighted by Crippen LogP contribution is 2.58. The van der Waals surface area contributed by atoms with Gasteiger partial charge in [0.05, 0.1) is 30.7 Å². The van der Waals surface area contributed by atoms with Gasteiger partial charge in [-0.25, -0.2) is 4.79 Å². The van der Waals surface area contributed by atoms with E-state index in [2.05, 4.69) is 16.0 Å². The van der Waals surface area contributed by atoms with Crippen molar-refractivity contribution in [2.75, 3.05) is 25.6 Å². The van der Waals surface area contributed by atoms with E-state index < -0.39 is 46.4 Å². The van der Waals surface area contributed by atoms with Crippen molar-refractivity contribution >= 4 is 29.7 Å². The molecule has 3 heterocycles. The Bertz CT molecular complexity index is 921. The van der Waals surface area contributed by atoms with Gasteiger partial charge in [-0.05, 0) is 40.5 Å². The Hall–Kier alpha value is -1.60. The third-order valence-electron chi connectivity index (χ3n) is 9.22. The average Bonchev–Trinajstić information content (AvgIpc) is 3.37. The Kier molecular flexibility index (Phi) is 9.05. The summed E-state index contributed by atoms with van der Waals surface area (Å²) in [5.74, 6) is -1.78. The number of hydrogen-bond acceptors (Lipinski definition) is 9. The van der Waals surface area contributed by atoms with Crippen LogP contribution in [0.4, 0.5) is 4.79 Å². The highest BCUT2D eigenvalue weighted by atomic mass is 32.2. The van der Waals surface area contributed by atoms with Crippen LogP contribution in [0.1, 0.15) is 74.1 Å². The second-order valence-corrected chi connectivity index (χ2v) is 12.9. The molecule has 218 valence electrons. The summed E-state index contributed by atoms with van der Waals surface area (Å²) < 4.78 is 18.0. The molecule has 0 aromatic carbocycles. The molecule has 3 rings (SSSR count). The minimum Gasteiger partial charge on any atom is -0.431 e. The van der Waals surface area contributed by atoms with Gasteiger partial charge in [0, 0.05) is 37.9 Å². The molecule has 0 aromatic heterocycles. The number of urea groups is 1. The van der Waals surface area contributed by atoms with Gasteiger partial charge in [-0.1, -0.05) is 13.3 Å². The summed E-state index contributed by atoms with van der Waals surface area (Å²) in [6.07, 6.45) is 2.33. The van der Waals surface area contributed by atoms with Crippen molar-refractivity contribution < 1.29 is 38.8 Å². The van der Waals surface area contributed by atoms with Crippen LogP contribution in [-0.2, 0) is 23.8 Å². The zero-order valence-corrected chi connectivity index (χ0v) is 24.5. The van der Waals surface area contributed by atoms with Crippen LogP contribution >= 0.6 is 11.8 Å². The summed E-state index contributed by atoms with van der Waals surface area (Å²) in [6, 6.07) is 0.141. The van der Waals surface area contributed by atoms with Gasteiger partial charge in [-0.15, -0.1) is 0 Å². The molecule has 3 aliphatic heterocycles. The van der Waals surface area contributed by atoms with Crippen molar-refractivity contribution in [2.45, 2.75) is 114 Å². The molecule has 5 N–H and O–H groups in total. The first-order chi connectivity index (χ1) is 17.6. The lowest BCUT2D eigenvalue weighted by Crippen LogP contribution is -2.86. The van der Waals surface area contributed by atoms with Crippen LogP contribution in [0.15, 0.2) is 0 Å². The molecule has 8 atom stereocenters. The number of rotatable bonds is 11. The number of unbranched alkanes of at least 4 members (excludes halogenated alkanes) is 1. The maximum atomic E-state index is 13.2. The van der Waals surface area contributed by atoms with Crippen LogP contribution in [-0.4, -0.2) is 93.6 Å². The van der Waals surface area contributed by atoms with Crippen molar-refractivity contribution in [1.29, 1.82) is 0 Å². The van der Waals surface area contributed by atoms with E-state index in [9.17, 15) is 24.6 Å². The molecule has 3 amide bonds. The molecule has 0 bridgehead atoms. The number of aliphatic hydroxyl groups is 2. The fourth-order valence-corrected chi connectivity index (χ4v) is 7.78. The van der Waals surface area contributed by atoms with Crippen molar-refractivity contribution in [1.82, 2.24) is 16.0 Å². The van der Waals surface area contributed by atoms with Gasteiger partial charge in [-0.3, -0.25) is 9.59 Å². The molecule has 0 radical (unpaired) electrons. The number of aliphatic hydroxyl groups excluding tert-OH is 1. The SMILES string of the molecule is CCOCC1(C)C(C)(O)C(C)(CO)O[C@@](C)(OC(=O)CCCCC2SC[C@@H]3NC(=O)N[C@H]23)C1(C)NC(C)=O. The molecule has 38 heavy (non-hydrogen) atoms. The molecule has 0 saturated carbocycles. The van der Waals surface area contributed by atoms with Gasteiger partial charge in [-0.2, -0.15) is 11.8 Å². The first-order valence-electron chi connectivity index (χ1n) is 13.4. The number of carbonyl (C=O) groups is 3. The largest absolute Gasteiger partial charge is 0.431 e. The Balaban J connectivity index is 1.76. The summed E-state index contributed by atoms with van der Waals surface area (Å²) >= 11 is 1.82. The minimum absolute atomic E-state index is 0.00593. The van der Waals surface area contributed by atoms with Crippen molar-refractivity contribution in [3.8, 4) is 0 Å². The first kappa shape index (κ1) is 30.9. The van der Waals surface area contributed by atoms with Crippen LogP contribution in [0.3, 0.4) is 0 Å². The molecule has 3 saturated heterocycles. The minimum atomic E-state index is -1.74. The maximum Gasteiger partial charge on any atom is 0.315 e. The summed E-state index contributed by atoms with van der Waals surface area (Å²) in [5.41, 5.74) is -5.92. The highest BCUT2D eigenvalue weighted by molar-refractivity contribution is 8.00. The maximum absolute atomic E-state index is 13.2. The van der Waals surface area contributed by atoms with E-state index in [1.54, 1.807) is 27.7 Å². The molecule has 0 aromatic rings. The van der Waals surface area contributed by atoms with E-state index >= 15 is 0 Å². The summed E-state index contributed by atoms with van der Waals surface area (Å²) in [5, 5.41) is 31.3. The van der Waals surface area contributed by atoms with E-state index in [4.69, 9.17) is 14.2 Å². The van der Waals surface area contributed by atoms with Crippen LogP contribution < -0.4 is 16.0 Å². The second-order valence-electron chi connectivity index (χ2n) is 11.6. The summed E-state index contributed by atoms with van der Waals surface area (Å²) in [7, 11) is 0. The van der Waals surface area contributed by atoms with Gasteiger partial charge in [0.2, 0.25) is 11.7 Å². The highest BCUT2D eigenvalue weighted by Gasteiger charge is 2.76. The molecule has 11 nitrogen and oxygen atoms in total. The van der Waals surface area contributed by atoms with E-state index in [1.807, 2.05) is 18.7 Å². The number of nitrogens with one attached hydrogen (secondary N) is 3. The second kappa shape index (κ2) is 11.1. The lowest BCUT2D eigenvalue weighted by atomic mass is 9.52. The van der Waals surface area contributed by atoms with Gasteiger partial charge < -0.3 is 40.4 Å². The molecular formula is C26H45N3O8S. The van der Waals surface area contributed by atoms with Gasteiger partial charge >= 0.3 is 12.0 Å². The molecule has 0 aliphatic carbocycles. The third kappa shape index (κ3) is 5.14. The van der Waals surface area contributed by atoms with Crippen LogP contribution in [0.25, 0.3) is 0 Å². The summed E-state index contributed by atoms with van der Waals surface area (Å²) in [4.78, 5) is 37.2. The van der Waals surface area contributed by atoms with Crippen LogP contribution in [0.2, 0.25) is 0 Å².